The molecule has 1 heterocycles. The summed E-state index contributed by atoms with van der Waals surface area (Å²) in [6, 6.07) is 14.8. The van der Waals surface area contributed by atoms with Gasteiger partial charge in [0.15, 0.2) is 5.96 Å². The van der Waals surface area contributed by atoms with Crippen LogP contribution in [0.1, 0.15) is 35.6 Å². The van der Waals surface area contributed by atoms with Gasteiger partial charge < -0.3 is 24.8 Å². The maximum Gasteiger partial charge on any atom is 0.191 e. The summed E-state index contributed by atoms with van der Waals surface area (Å²) >= 11 is 0. The molecule has 3 rings (SSSR count). The van der Waals surface area contributed by atoms with Crippen LogP contribution in [-0.2, 0) is 29.2 Å². The minimum Gasteiger partial charge on any atom is -0.493 e. The van der Waals surface area contributed by atoms with Crippen molar-refractivity contribution in [1.29, 1.82) is 0 Å². The van der Waals surface area contributed by atoms with Gasteiger partial charge in [-0.15, -0.1) is 24.0 Å². The van der Waals surface area contributed by atoms with E-state index >= 15 is 0 Å². The summed E-state index contributed by atoms with van der Waals surface area (Å²) in [7, 11) is 1.78. The molecule has 2 aromatic carbocycles. The second-order valence-electron chi connectivity index (χ2n) is 7.88. The number of hydrogen-bond acceptors (Lipinski definition) is 4. The average molecular weight is 553 g/mol. The van der Waals surface area contributed by atoms with Crippen LogP contribution in [0.2, 0.25) is 0 Å². The van der Waals surface area contributed by atoms with Crippen LogP contribution in [0, 0.1) is 12.8 Å². The molecule has 1 unspecified atom stereocenters. The molecule has 1 aliphatic heterocycles. The van der Waals surface area contributed by atoms with Crippen molar-refractivity contribution in [2.24, 2.45) is 10.9 Å². The highest BCUT2D eigenvalue weighted by atomic mass is 127. The third-order valence-corrected chi connectivity index (χ3v) is 5.35. The van der Waals surface area contributed by atoms with Crippen LogP contribution < -0.4 is 15.4 Å². The van der Waals surface area contributed by atoms with Crippen LogP contribution in [0.15, 0.2) is 47.5 Å². The summed E-state index contributed by atoms with van der Waals surface area (Å²) in [4.78, 5) is 4.35. The van der Waals surface area contributed by atoms with Crippen molar-refractivity contribution in [3.63, 3.8) is 0 Å². The Hall–Kier alpha value is -1.84. The largest absolute Gasteiger partial charge is 0.493 e. The van der Waals surface area contributed by atoms with E-state index in [0.29, 0.717) is 32.2 Å². The van der Waals surface area contributed by atoms with Gasteiger partial charge in [0.2, 0.25) is 0 Å². The topological polar surface area (TPSA) is 64.1 Å². The molecule has 0 aliphatic carbocycles. The number of benzene rings is 2. The second kappa shape index (κ2) is 14.3. The number of aryl methyl sites for hydroxylation is 1. The summed E-state index contributed by atoms with van der Waals surface area (Å²) < 4.78 is 17.1. The zero-order chi connectivity index (χ0) is 21.9. The molecule has 176 valence electrons. The number of nitrogens with zero attached hydrogens (tertiary/aromatic N) is 1. The van der Waals surface area contributed by atoms with Crippen LogP contribution >= 0.6 is 24.0 Å². The van der Waals surface area contributed by atoms with Crippen molar-refractivity contribution in [3.05, 3.63) is 64.7 Å². The maximum atomic E-state index is 6.15. The van der Waals surface area contributed by atoms with Gasteiger partial charge in [-0.25, -0.2) is 0 Å². The molecule has 1 saturated heterocycles. The third kappa shape index (κ3) is 8.60. The normalized spacial score (nSPS) is 15.8. The van der Waals surface area contributed by atoms with Crippen LogP contribution in [0.3, 0.4) is 0 Å². The summed E-state index contributed by atoms with van der Waals surface area (Å²) in [6.45, 7) is 9.16. The first-order chi connectivity index (χ1) is 15.2. The van der Waals surface area contributed by atoms with Crippen LogP contribution in [0.4, 0.5) is 0 Å². The zero-order valence-corrected chi connectivity index (χ0v) is 21.7. The Morgan fingerprint density at radius 1 is 1.09 bits per heavy atom. The molecule has 1 fully saturated rings. The van der Waals surface area contributed by atoms with E-state index in [0.717, 1.165) is 43.5 Å². The fourth-order valence-electron chi connectivity index (χ4n) is 3.42. The molecule has 0 bridgehead atoms. The molecular formula is C25H36IN3O3. The molecule has 32 heavy (non-hydrogen) atoms. The van der Waals surface area contributed by atoms with Crippen molar-refractivity contribution in [3.8, 4) is 5.75 Å². The molecular weight excluding hydrogens is 517 g/mol. The Kier molecular flexibility index (Phi) is 11.8. The minimum absolute atomic E-state index is 0. The van der Waals surface area contributed by atoms with Gasteiger partial charge >= 0.3 is 0 Å². The van der Waals surface area contributed by atoms with Crippen molar-refractivity contribution in [1.82, 2.24) is 10.6 Å². The number of guanidine groups is 1. The highest BCUT2D eigenvalue weighted by Crippen LogP contribution is 2.22. The standard InChI is InChI=1S/C25H35N3O3.HI/c1-4-29-16-21-8-6-20(7-9-21)14-27-25(26-3)28-15-23-10-5-19(2)13-24(23)31-18-22-11-12-30-17-22;/h5-10,13,22H,4,11-12,14-18H2,1-3H3,(H2,26,27,28);1H. The maximum absolute atomic E-state index is 6.15. The van der Waals surface area contributed by atoms with Crippen molar-refractivity contribution in [2.45, 2.75) is 40.0 Å². The molecule has 1 atom stereocenters. The molecule has 0 amide bonds. The molecule has 0 saturated carbocycles. The monoisotopic (exact) mass is 553 g/mol. The SMILES string of the molecule is CCOCc1ccc(CNC(=NC)NCc2ccc(C)cc2OCC2CCOC2)cc1.I. The van der Waals surface area contributed by atoms with Gasteiger partial charge in [0.05, 0.1) is 19.8 Å². The Labute approximate surface area is 209 Å². The smallest absolute Gasteiger partial charge is 0.191 e. The molecule has 0 aromatic heterocycles. The Morgan fingerprint density at radius 3 is 2.53 bits per heavy atom. The third-order valence-electron chi connectivity index (χ3n) is 5.35. The summed E-state index contributed by atoms with van der Waals surface area (Å²) in [5.74, 6) is 2.17. The van der Waals surface area contributed by atoms with Gasteiger partial charge in [0.25, 0.3) is 0 Å². The quantitative estimate of drug-likeness (QED) is 0.259. The van der Waals surface area contributed by atoms with E-state index < -0.39 is 0 Å². The lowest BCUT2D eigenvalue weighted by Gasteiger charge is -2.17. The fourth-order valence-corrected chi connectivity index (χ4v) is 3.42. The number of ether oxygens (including phenoxy) is 3. The molecule has 2 aromatic rings. The minimum atomic E-state index is 0. The predicted molar refractivity (Wildman–Crippen MR) is 140 cm³/mol. The molecule has 6 nitrogen and oxygen atoms in total. The van der Waals surface area contributed by atoms with E-state index in [9.17, 15) is 0 Å². The lowest BCUT2D eigenvalue weighted by molar-refractivity contribution is 0.134. The Morgan fingerprint density at radius 2 is 1.84 bits per heavy atom. The number of nitrogens with one attached hydrogen (secondary N) is 2. The van der Waals surface area contributed by atoms with Gasteiger partial charge in [-0.1, -0.05) is 36.4 Å². The predicted octanol–water partition coefficient (Wildman–Crippen LogP) is 4.43. The lowest BCUT2D eigenvalue weighted by atomic mass is 10.1. The van der Waals surface area contributed by atoms with E-state index in [1.54, 1.807) is 7.05 Å². The zero-order valence-electron chi connectivity index (χ0n) is 19.4. The number of hydrogen-bond donors (Lipinski definition) is 2. The summed E-state index contributed by atoms with van der Waals surface area (Å²) in [5, 5.41) is 6.77. The van der Waals surface area contributed by atoms with Crippen LogP contribution in [-0.4, -0.2) is 39.4 Å². The van der Waals surface area contributed by atoms with E-state index in [2.05, 4.69) is 65.0 Å². The Bertz CT molecular complexity index is 837. The highest BCUT2D eigenvalue weighted by Gasteiger charge is 2.17. The van der Waals surface area contributed by atoms with Crippen LogP contribution in [0.25, 0.3) is 0 Å². The van der Waals surface area contributed by atoms with E-state index in [-0.39, 0.29) is 24.0 Å². The second-order valence-corrected chi connectivity index (χ2v) is 7.88. The molecule has 2 N–H and O–H groups in total. The first kappa shape index (κ1) is 26.4. The van der Waals surface area contributed by atoms with Crippen molar-refractivity contribution < 1.29 is 14.2 Å². The summed E-state index contributed by atoms with van der Waals surface area (Å²) in [6.07, 6.45) is 1.07. The molecule has 1 aliphatic rings. The Balaban J connectivity index is 0.00000363. The highest BCUT2D eigenvalue weighted by molar-refractivity contribution is 14.0. The van der Waals surface area contributed by atoms with Gasteiger partial charge in [0, 0.05) is 44.8 Å². The van der Waals surface area contributed by atoms with E-state index in [4.69, 9.17) is 14.2 Å². The van der Waals surface area contributed by atoms with E-state index in [1.165, 1.54) is 16.7 Å². The van der Waals surface area contributed by atoms with Crippen LogP contribution in [0.5, 0.6) is 5.75 Å². The van der Waals surface area contributed by atoms with Gasteiger partial charge in [-0.2, -0.15) is 0 Å². The van der Waals surface area contributed by atoms with Gasteiger partial charge in [0.1, 0.15) is 5.75 Å². The molecule has 7 heteroatoms. The number of halogens is 1. The first-order valence-corrected chi connectivity index (χ1v) is 11.1. The lowest BCUT2D eigenvalue weighted by Crippen LogP contribution is -2.36. The first-order valence-electron chi connectivity index (χ1n) is 11.1. The molecule has 0 radical (unpaired) electrons. The van der Waals surface area contributed by atoms with Crippen molar-refractivity contribution in [2.75, 3.05) is 33.5 Å². The number of rotatable bonds is 10. The summed E-state index contributed by atoms with van der Waals surface area (Å²) in [5.41, 5.74) is 4.69. The molecule has 0 spiro atoms. The van der Waals surface area contributed by atoms with Gasteiger partial charge in [-0.3, -0.25) is 4.99 Å². The van der Waals surface area contributed by atoms with E-state index in [1.807, 2.05) is 6.92 Å². The van der Waals surface area contributed by atoms with Crippen molar-refractivity contribution >= 4 is 29.9 Å². The fraction of sp³-hybridized carbons (Fsp3) is 0.480. The average Bonchev–Trinajstić information content (AvgIpc) is 3.32. The number of aliphatic imine (C=N–C) groups is 1. The van der Waals surface area contributed by atoms with Gasteiger partial charge in [-0.05, 0) is 43.0 Å².